The number of nitrogens with one attached hydrogen (secondary N) is 1. The van der Waals surface area contributed by atoms with Crippen molar-refractivity contribution < 1.29 is 4.74 Å². The van der Waals surface area contributed by atoms with E-state index in [2.05, 4.69) is 72.9 Å². The maximum absolute atomic E-state index is 5.84. The van der Waals surface area contributed by atoms with Crippen molar-refractivity contribution in [1.29, 1.82) is 0 Å². The van der Waals surface area contributed by atoms with Crippen LogP contribution >= 0.6 is 12.4 Å². The van der Waals surface area contributed by atoms with Crippen molar-refractivity contribution in [2.75, 3.05) is 0 Å². The fraction of sp³-hybridized carbons (Fsp3) is 0.217. The van der Waals surface area contributed by atoms with Gasteiger partial charge in [-0.15, -0.1) is 12.4 Å². The third kappa shape index (κ3) is 6.55. The summed E-state index contributed by atoms with van der Waals surface area (Å²) in [5.74, 6) is 0.914. The molecule has 3 rings (SSSR count). The van der Waals surface area contributed by atoms with Crippen LogP contribution in [0.25, 0.3) is 0 Å². The lowest BCUT2D eigenvalue weighted by molar-refractivity contribution is 0.306. The molecule has 0 saturated heterocycles. The second kappa shape index (κ2) is 10.6. The molecule has 0 aliphatic rings. The van der Waals surface area contributed by atoms with Crippen LogP contribution in [0, 0.1) is 0 Å². The highest BCUT2D eigenvalue weighted by atomic mass is 35.5. The minimum Gasteiger partial charge on any atom is -0.489 e. The molecule has 0 radical (unpaired) electrons. The topological polar surface area (TPSA) is 21.3 Å². The van der Waals surface area contributed by atoms with Crippen LogP contribution in [-0.4, -0.2) is 6.04 Å². The van der Waals surface area contributed by atoms with Crippen molar-refractivity contribution in [1.82, 2.24) is 5.32 Å². The second-order valence-electron chi connectivity index (χ2n) is 6.39. The van der Waals surface area contributed by atoms with E-state index < -0.39 is 0 Å². The van der Waals surface area contributed by atoms with Crippen molar-refractivity contribution in [3.05, 3.63) is 102 Å². The lowest BCUT2D eigenvalue weighted by Crippen LogP contribution is -2.27. The van der Waals surface area contributed by atoms with Gasteiger partial charge in [0.05, 0.1) is 0 Å². The van der Waals surface area contributed by atoms with Gasteiger partial charge in [0.2, 0.25) is 0 Å². The summed E-state index contributed by atoms with van der Waals surface area (Å²) in [6.45, 7) is 3.73. The van der Waals surface area contributed by atoms with Crippen molar-refractivity contribution in [3.63, 3.8) is 0 Å². The van der Waals surface area contributed by atoms with E-state index in [4.69, 9.17) is 4.74 Å². The maximum atomic E-state index is 5.84. The van der Waals surface area contributed by atoms with E-state index in [9.17, 15) is 0 Å². The quantitative estimate of drug-likeness (QED) is 0.574. The van der Waals surface area contributed by atoms with Gasteiger partial charge in [-0.1, -0.05) is 72.8 Å². The zero-order valence-corrected chi connectivity index (χ0v) is 15.9. The molecule has 0 amide bonds. The SMILES string of the molecule is C[C@H](Cc1ccc(OCc2ccccc2)cc1)NCc1ccccc1.Cl. The molecule has 3 aromatic carbocycles. The molecule has 3 aromatic rings. The standard InChI is InChI=1S/C23H25NO.ClH/c1-19(24-17-21-8-4-2-5-9-21)16-20-12-14-23(15-13-20)25-18-22-10-6-3-7-11-22;/h2-15,19,24H,16-18H2,1H3;1H/t19-;/m1./s1. The van der Waals surface area contributed by atoms with Crippen molar-refractivity contribution in [2.45, 2.75) is 32.5 Å². The summed E-state index contributed by atoms with van der Waals surface area (Å²) in [5.41, 5.74) is 3.82. The van der Waals surface area contributed by atoms with Gasteiger partial charge >= 0.3 is 0 Å². The lowest BCUT2D eigenvalue weighted by atomic mass is 10.1. The molecule has 0 aliphatic carbocycles. The zero-order valence-electron chi connectivity index (χ0n) is 15.1. The molecule has 1 atom stereocenters. The van der Waals surface area contributed by atoms with E-state index in [1.807, 2.05) is 24.3 Å². The Morgan fingerprint density at radius 3 is 1.92 bits per heavy atom. The van der Waals surface area contributed by atoms with Crippen LogP contribution in [0.5, 0.6) is 5.75 Å². The number of hydrogen-bond donors (Lipinski definition) is 1. The summed E-state index contributed by atoms with van der Waals surface area (Å²) in [7, 11) is 0. The summed E-state index contributed by atoms with van der Waals surface area (Å²) >= 11 is 0. The van der Waals surface area contributed by atoms with Crippen LogP contribution in [-0.2, 0) is 19.6 Å². The Bertz CT molecular complexity index is 744. The summed E-state index contributed by atoms with van der Waals surface area (Å²) < 4.78 is 5.84. The number of halogens is 1. The van der Waals surface area contributed by atoms with Gasteiger partial charge in [0, 0.05) is 12.6 Å². The average Bonchev–Trinajstić information content (AvgIpc) is 2.67. The van der Waals surface area contributed by atoms with Crippen LogP contribution in [0.2, 0.25) is 0 Å². The molecule has 0 bridgehead atoms. The van der Waals surface area contributed by atoms with Gasteiger partial charge in [0.25, 0.3) is 0 Å². The van der Waals surface area contributed by atoms with Crippen LogP contribution in [0.15, 0.2) is 84.9 Å². The molecule has 0 unspecified atom stereocenters. The molecular weight excluding hydrogens is 342 g/mol. The average molecular weight is 368 g/mol. The molecule has 26 heavy (non-hydrogen) atoms. The molecule has 2 nitrogen and oxygen atoms in total. The Balaban J connectivity index is 0.00000243. The van der Waals surface area contributed by atoms with Crippen LogP contribution in [0.4, 0.5) is 0 Å². The van der Waals surface area contributed by atoms with Gasteiger partial charge in [-0.3, -0.25) is 0 Å². The molecule has 3 heteroatoms. The largest absolute Gasteiger partial charge is 0.489 e. The smallest absolute Gasteiger partial charge is 0.119 e. The first kappa shape index (κ1) is 20.0. The zero-order chi connectivity index (χ0) is 17.3. The summed E-state index contributed by atoms with van der Waals surface area (Å²) in [6.07, 6.45) is 1.01. The molecule has 1 N–H and O–H groups in total. The first-order valence-corrected chi connectivity index (χ1v) is 8.82. The Morgan fingerprint density at radius 1 is 0.731 bits per heavy atom. The van der Waals surface area contributed by atoms with Crippen LogP contribution in [0.3, 0.4) is 0 Å². The molecule has 0 aromatic heterocycles. The first-order valence-electron chi connectivity index (χ1n) is 8.82. The highest BCUT2D eigenvalue weighted by Gasteiger charge is 2.04. The molecule has 0 spiro atoms. The van der Waals surface area contributed by atoms with Crippen molar-refractivity contribution >= 4 is 12.4 Å². The third-order valence-corrected chi connectivity index (χ3v) is 4.21. The number of ether oxygens (including phenoxy) is 1. The molecule has 0 aliphatic heterocycles. The van der Waals surface area contributed by atoms with E-state index in [0.29, 0.717) is 12.6 Å². The maximum Gasteiger partial charge on any atom is 0.119 e. The molecular formula is C23H26ClNO. The van der Waals surface area contributed by atoms with E-state index >= 15 is 0 Å². The molecule has 0 heterocycles. The van der Waals surface area contributed by atoms with E-state index in [1.165, 1.54) is 16.7 Å². The van der Waals surface area contributed by atoms with E-state index in [0.717, 1.165) is 18.7 Å². The van der Waals surface area contributed by atoms with Gasteiger partial charge in [0.1, 0.15) is 12.4 Å². The Morgan fingerprint density at radius 2 is 1.31 bits per heavy atom. The van der Waals surface area contributed by atoms with Crippen LogP contribution in [0.1, 0.15) is 23.6 Å². The van der Waals surface area contributed by atoms with Gasteiger partial charge in [-0.05, 0) is 42.2 Å². The van der Waals surface area contributed by atoms with E-state index in [1.54, 1.807) is 0 Å². The van der Waals surface area contributed by atoms with Crippen LogP contribution < -0.4 is 10.1 Å². The minimum atomic E-state index is 0. The fourth-order valence-electron chi connectivity index (χ4n) is 2.78. The van der Waals surface area contributed by atoms with Gasteiger partial charge in [-0.2, -0.15) is 0 Å². The van der Waals surface area contributed by atoms with E-state index in [-0.39, 0.29) is 12.4 Å². The third-order valence-electron chi connectivity index (χ3n) is 4.21. The number of benzene rings is 3. The summed E-state index contributed by atoms with van der Waals surface area (Å²) in [4.78, 5) is 0. The van der Waals surface area contributed by atoms with Gasteiger partial charge in [-0.25, -0.2) is 0 Å². The van der Waals surface area contributed by atoms with Gasteiger partial charge in [0.15, 0.2) is 0 Å². The predicted octanol–water partition coefficient (Wildman–Crippen LogP) is 5.41. The van der Waals surface area contributed by atoms with Crippen molar-refractivity contribution in [2.24, 2.45) is 0 Å². The van der Waals surface area contributed by atoms with Gasteiger partial charge < -0.3 is 10.1 Å². The Kier molecular flexibility index (Phi) is 8.20. The predicted molar refractivity (Wildman–Crippen MR) is 111 cm³/mol. The second-order valence-corrected chi connectivity index (χ2v) is 6.39. The number of rotatable bonds is 8. The highest BCUT2D eigenvalue weighted by molar-refractivity contribution is 5.85. The molecule has 0 saturated carbocycles. The molecule has 0 fully saturated rings. The minimum absolute atomic E-state index is 0. The monoisotopic (exact) mass is 367 g/mol. The summed E-state index contributed by atoms with van der Waals surface area (Å²) in [6, 6.07) is 29.6. The molecule has 136 valence electrons. The highest BCUT2D eigenvalue weighted by Crippen LogP contribution is 2.15. The fourth-order valence-corrected chi connectivity index (χ4v) is 2.78. The first-order chi connectivity index (χ1) is 12.3. The lowest BCUT2D eigenvalue weighted by Gasteiger charge is -2.14. The Labute approximate surface area is 162 Å². The summed E-state index contributed by atoms with van der Waals surface area (Å²) in [5, 5.41) is 3.58. The number of hydrogen-bond acceptors (Lipinski definition) is 2. The normalized spacial score (nSPS) is 11.4. The Hall–Kier alpha value is -2.29. The van der Waals surface area contributed by atoms with Crippen molar-refractivity contribution in [3.8, 4) is 5.75 Å².